The maximum atomic E-state index is 12.9. The summed E-state index contributed by atoms with van der Waals surface area (Å²) in [6.45, 7) is 0.375. The Labute approximate surface area is 160 Å². The van der Waals surface area contributed by atoms with Gasteiger partial charge in [0.05, 0.1) is 17.7 Å². The van der Waals surface area contributed by atoms with Crippen molar-refractivity contribution >= 4 is 22.9 Å². The lowest BCUT2D eigenvalue weighted by Gasteiger charge is -2.21. The second-order valence-corrected chi connectivity index (χ2v) is 6.83. The molecule has 4 rings (SSSR count). The van der Waals surface area contributed by atoms with Crippen molar-refractivity contribution in [3.63, 3.8) is 0 Å². The fourth-order valence-corrected chi connectivity index (χ4v) is 3.35. The summed E-state index contributed by atoms with van der Waals surface area (Å²) in [5.41, 5.74) is 0.823. The van der Waals surface area contributed by atoms with Gasteiger partial charge in [-0.05, 0) is 35.7 Å². The SMILES string of the molecule is O=C(CCc1nc(-c2cccs2)no1)N(Cc1ccco1)c1ccccc1. The van der Waals surface area contributed by atoms with E-state index in [1.165, 1.54) is 0 Å². The van der Waals surface area contributed by atoms with E-state index in [-0.39, 0.29) is 12.3 Å². The number of carbonyl (C=O) groups is 1. The minimum absolute atomic E-state index is 0.0338. The lowest BCUT2D eigenvalue weighted by molar-refractivity contribution is -0.118. The molecule has 0 atom stereocenters. The molecule has 3 aromatic heterocycles. The largest absolute Gasteiger partial charge is 0.467 e. The molecule has 0 spiro atoms. The van der Waals surface area contributed by atoms with Gasteiger partial charge in [0.2, 0.25) is 17.6 Å². The van der Waals surface area contributed by atoms with Crippen LogP contribution < -0.4 is 4.90 Å². The van der Waals surface area contributed by atoms with Crippen LogP contribution in [0.1, 0.15) is 18.1 Å². The number of carbonyl (C=O) groups excluding carboxylic acids is 1. The highest BCUT2D eigenvalue weighted by Crippen LogP contribution is 2.22. The molecule has 0 saturated heterocycles. The number of thiophene rings is 1. The quantitative estimate of drug-likeness (QED) is 0.471. The van der Waals surface area contributed by atoms with Gasteiger partial charge in [0.25, 0.3) is 0 Å². The van der Waals surface area contributed by atoms with E-state index >= 15 is 0 Å². The van der Waals surface area contributed by atoms with Crippen molar-refractivity contribution in [2.45, 2.75) is 19.4 Å². The van der Waals surface area contributed by atoms with Gasteiger partial charge in [-0.2, -0.15) is 4.98 Å². The average molecular weight is 379 g/mol. The van der Waals surface area contributed by atoms with Crippen LogP contribution in [-0.2, 0) is 17.8 Å². The Bertz CT molecular complexity index is 979. The zero-order valence-electron chi connectivity index (χ0n) is 14.4. The van der Waals surface area contributed by atoms with Crippen LogP contribution in [0.25, 0.3) is 10.7 Å². The van der Waals surface area contributed by atoms with Crippen LogP contribution >= 0.6 is 11.3 Å². The molecule has 0 unspecified atom stereocenters. The van der Waals surface area contributed by atoms with E-state index < -0.39 is 0 Å². The first-order valence-corrected chi connectivity index (χ1v) is 9.42. The summed E-state index contributed by atoms with van der Waals surface area (Å²) in [6, 6.07) is 17.1. The molecule has 3 heterocycles. The molecule has 4 aromatic rings. The maximum Gasteiger partial charge on any atom is 0.227 e. The Balaban J connectivity index is 1.45. The maximum absolute atomic E-state index is 12.9. The minimum atomic E-state index is -0.0338. The van der Waals surface area contributed by atoms with Crippen LogP contribution in [-0.4, -0.2) is 16.0 Å². The highest BCUT2D eigenvalue weighted by Gasteiger charge is 2.19. The minimum Gasteiger partial charge on any atom is -0.467 e. The number of benzene rings is 1. The molecule has 0 radical (unpaired) electrons. The molecule has 0 aliphatic carbocycles. The van der Waals surface area contributed by atoms with Gasteiger partial charge >= 0.3 is 0 Å². The number of rotatable bonds is 7. The number of para-hydroxylation sites is 1. The fraction of sp³-hybridized carbons (Fsp3) is 0.150. The Morgan fingerprint density at radius 3 is 2.70 bits per heavy atom. The van der Waals surface area contributed by atoms with E-state index in [1.807, 2.05) is 60.0 Å². The zero-order valence-corrected chi connectivity index (χ0v) is 15.3. The molecule has 0 bridgehead atoms. The highest BCUT2D eigenvalue weighted by molar-refractivity contribution is 7.13. The van der Waals surface area contributed by atoms with E-state index in [4.69, 9.17) is 8.94 Å². The Morgan fingerprint density at radius 2 is 1.96 bits per heavy atom. The van der Waals surface area contributed by atoms with Gasteiger partial charge in [-0.1, -0.05) is 29.4 Å². The first-order chi connectivity index (χ1) is 13.3. The van der Waals surface area contributed by atoms with Crippen LogP contribution in [0.3, 0.4) is 0 Å². The second-order valence-electron chi connectivity index (χ2n) is 5.88. The van der Waals surface area contributed by atoms with Crippen LogP contribution in [0.5, 0.6) is 0 Å². The van der Waals surface area contributed by atoms with Crippen molar-refractivity contribution in [2.75, 3.05) is 4.90 Å². The average Bonchev–Trinajstić information content (AvgIpc) is 3.47. The molecular weight excluding hydrogens is 362 g/mol. The van der Waals surface area contributed by atoms with Gasteiger partial charge in [-0.3, -0.25) is 4.79 Å². The summed E-state index contributed by atoms with van der Waals surface area (Å²) < 4.78 is 10.7. The molecule has 0 fully saturated rings. The number of hydrogen-bond acceptors (Lipinski definition) is 6. The third-order valence-electron chi connectivity index (χ3n) is 4.03. The molecular formula is C20H17N3O3S. The number of nitrogens with zero attached hydrogens (tertiary/aromatic N) is 3. The van der Waals surface area contributed by atoms with Crippen molar-refractivity contribution in [1.29, 1.82) is 0 Å². The van der Waals surface area contributed by atoms with Gasteiger partial charge in [0, 0.05) is 18.5 Å². The van der Waals surface area contributed by atoms with Crippen LogP contribution in [0.4, 0.5) is 5.69 Å². The third kappa shape index (κ3) is 4.15. The predicted molar refractivity (Wildman–Crippen MR) is 102 cm³/mol. The first-order valence-electron chi connectivity index (χ1n) is 8.54. The van der Waals surface area contributed by atoms with E-state index in [0.29, 0.717) is 24.7 Å². The van der Waals surface area contributed by atoms with Crippen molar-refractivity contribution in [3.8, 4) is 10.7 Å². The topological polar surface area (TPSA) is 72.4 Å². The van der Waals surface area contributed by atoms with Gasteiger partial charge in [-0.25, -0.2) is 0 Å². The summed E-state index contributed by atoms with van der Waals surface area (Å²) in [4.78, 5) is 19.9. The standard InChI is InChI=1S/C20H17N3O3S/c24-19(11-10-18-21-20(22-26-18)17-9-5-13-27-17)23(14-16-8-4-12-25-16)15-6-2-1-3-7-15/h1-9,12-13H,10-11,14H2. The molecule has 136 valence electrons. The Hall–Kier alpha value is -3.19. The summed E-state index contributed by atoms with van der Waals surface area (Å²) >= 11 is 1.55. The number of anilines is 1. The van der Waals surface area contributed by atoms with Gasteiger partial charge in [0.1, 0.15) is 5.76 Å². The molecule has 7 heteroatoms. The molecule has 0 aliphatic heterocycles. The first kappa shape index (κ1) is 17.2. The van der Waals surface area contributed by atoms with E-state index in [9.17, 15) is 4.79 Å². The molecule has 27 heavy (non-hydrogen) atoms. The zero-order chi connectivity index (χ0) is 18.5. The number of furan rings is 1. The number of hydrogen-bond donors (Lipinski definition) is 0. The van der Waals surface area contributed by atoms with E-state index in [0.717, 1.165) is 16.3 Å². The lowest BCUT2D eigenvalue weighted by atomic mass is 10.2. The van der Waals surface area contributed by atoms with Gasteiger partial charge < -0.3 is 13.8 Å². The normalized spacial score (nSPS) is 10.8. The summed E-state index contributed by atoms with van der Waals surface area (Å²) in [5.74, 6) is 1.71. The van der Waals surface area contributed by atoms with Gasteiger partial charge in [0.15, 0.2) is 0 Å². The molecule has 0 N–H and O–H groups in total. The highest BCUT2D eigenvalue weighted by atomic mass is 32.1. The molecule has 1 amide bonds. The predicted octanol–water partition coefficient (Wildman–Crippen LogP) is 4.56. The lowest BCUT2D eigenvalue weighted by Crippen LogP contribution is -2.30. The van der Waals surface area contributed by atoms with E-state index in [2.05, 4.69) is 10.1 Å². The Morgan fingerprint density at radius 1 is 1.07 bits per heavy atom. The number of aromatic nitrogens is 2. The summed E-state index contributed by atoms with van der Waals surface area (Å²) in [5, 5.41) is 5.94. The van der Waals surface area contributed by atoms with E-state index in [1.54, 1.807) is 22.5 Å². The van der Waals surface area contributed by atoms with Crippen molar-refractivity contribution in [3.05, 3.63) is 77.9 Å². The van der Waals surface area contributed by atoms with Crippen molar-refractivity contribution in [2.24, 2.45) is 0 Å². The summed E-state index contributed by atoms with van der Waals surface area (Å²) in [7, 11) is 0. The van der Waals surface area contributed by atoms with Crippen molar-refractivity contribution in [1.82, 2.24) is 10.1 Å². The smallest absolute Gasteiger partial charge is 0.227 e. The van der Waals surface area contributed by atoms with Gasteiger partial charge in [-0.15, -0.1) is 11.3 Å². The fourth-order valence-electron chi connectivity index (χ4n) is 2.70. The van der Waals surface area contributed by atoms with Crippen LogP contribution in [0, 0.1) is 0 Å². The van der Waals surface area contributed by atoms with Crippen molar-refractivity contribution < 1.29 is 13.7 Å². The van der Waals surface area contributed by atoms with Crippen LogP contribution in [0.15, 0.2) is 75.2 Å². The number of amides is 1. The second kappa shape index (κ2) is 8.01. The van der Waals surface area contributed by atoms with Crippen LogP contribution in [0.2, 0.25) is 0 Å². The summed E-state index contributed by atoms with van der Waals surface area (Å²) in [6.07, 6.45) is 2.26. The Kier molecular flexibility index (Phi) is 5.11. The monoisotopic (exact) mass is 379 g/mol. The molecule has 1 aromatic carbocycles. The molecule has 0 saturated carbocycles. The molecule has 6 nitrogen and oxygen atoms in total. The molecule has 0 aliphatic rings. The third-order valence-corrected chi connectivity index (χ3v) is 4.89. The number of aryl methyl sites for hydroxylation is 1.